The van der Waals surface area contributed by atoms with Crippen molar-refractivity contribution in [3.05, 3.63) is 0 Å². The predicted octanol–water partition coefficient (Wildman–Crippen LogP) is 10.2. The third-order valence-electron chi connectivity index (χ3n) is 0.500. The largest absolute Gasteiger partial charge is 0.0776 e. The number of rotatable bonds is 1. The second-order valence-corrected chi connectivity index (χ2v) is 4.54. The Morgan fingerprint density at radius 2 is 0.333 bits per heavy atom. The molecule has 0 amide bonds. The Hall–Kier alpha value is 0. The molecule has 0 aromatic carbocycles. The third-order valence-corrected chi connectivity index (χ3v) is 0.500. The van der Waals surface area contributed by atoms with Crippen molar-refractivity contribution in [1.29, 1.82) is 0 Å². The van der Waals surface area contributed by atoms with Crippen LogP contribution in [0.2, 0.25) is 0 Å². The number of hydrogen-bond acceptors (Lipinski definition) is 0. The lowest BCUT2D eigenvalue weighted by Gasteiger charge is -1.68. The minimum Gasteiger partial charge on any atom is -0.0776 e. The van der Waals surface area contributed by atoms with Gasteiger partial charge in [-0.3, -0.25) is 0 Å². The van der Waals surface area contributed by atoms with Crippen molar-refractivity contribution >= 4 is 0 Å². The molecule has 0 heterocycles. The summed E-state index contributed by atoms with van der Waals surface area (Å²) in [6.07, 6.45) is 8.89. The summed E-state index contributed by atoms with van der Waals surface area (Å²) in [6, 6.07) is 0. The second kappa shape index (κ2) is 147. The van der Waals surface area contributed by atoms with Crippen LogP contribution in [0.4, 0.5) is 0 Å². The van der Waals surface area contributed by atoms with Crippen LogP contribution in [0.15, 0.2) is 0 Å². The second-order valence-electron chi connectivity index (χ2n) is 4.54. The lowest BCUT2D eigenvalue weighted by atomic mass is 10.4. The van der Waals surface area contributed by atoms with Crippen molar-refractivity contribution in [1.82, 2.24) is 0 Å². The van der Waals surface area contributed by atoms with E-state index in [1.165, 1.54) is 44.9 Å². The SMILES string of the molecule is C.C.CCC.CCC.CCC.CCC.CCC.CCCC. The molecule has 142 valence electrons. The van der Waals surface area contributed by atoms with Gasteiger partial charge in [0.25, 0.3) is 0 Å². The molecule has 0 rings (SSSR count). The Bertz CT molecular complexity index is 25.7. The van der Waals surface area contributed by atoms with Crippen LogP contribution in [0.3, 0.4) is 0 Å². The van der Waals surface area contributed by atoms with Crippen LogP contribution in [0, 0.1) is 0 Å². The van der Waals surface area contributed by atoms with Crippen molar-refractivity contribution in [2.45, 2.75) is 143 Å². The van der Waals surface area contributed by atoms with E-state index < -0.39 is 0 Å². The molecule has 0 nitrogen and oxygen atoms in total. The monoisotopic (exact) mass is 310 g/mol. The van der Waals surface area contributed by atoms with E-state index in [4.69, 9.17) is 0 Å². The molecule has 0 N–H and O–H groups in total. The zero-order valence-corrected chi connectivity index (χ0v) is 16.9. The summed E-state index contributed by atoms with van der Waals surface area (Å²) in [4.78, 5) is 0. The van der Waals surface area contributed by atoms with E-state index in [0.717, 1.165) is 0 Å². The lowest BCUT2D eigenvalue weighted by molar-refractivity contribution is 0.886. The van der Waals surface area contributed by atoms with Gasteiger partial charge in [0.2, 0.25) is 0 Å². The first-order valence-corrected chi connectivity index (χ1v) is 8.99. The van der Waals surface area contributed by atoms with Crippen molar-refractivity contribution in [2.24, 2.45) is 0 Å². The minimum atomic E-state index is 0. The van der Waals surface area contributed by atoms with E-state index in [1.54, 1.807) is 0 Å². The molecule has 0 spiro atoms. The maximum absolute atomic E-state index is 2.18. The highest BCUT2D eigenvalue weighted by atomic mass is 13.6. The molecule has 0 aliphatic carbocycles. The van der Waals surface area contributed by atoms with E-state index in [0.29, 0.717) is 0 Å². The number of unbranched alkanes of at least 4 members (excludes halogenated alkanes) is 1. The van der Waals surface area contributed by atoms with Crippen LogP contribution in [0.5, 0.6) is 0 Å². The summed E-state index contributed by atoms with van der Waals surface area (Å²) < 4.78 is 0. The van der Waals surface area contributed by atoms with Crippen molar-refractivity contribution < 1.29 is 0 Å². The Morgan fingerprint density at radius 1 is 0.286 bits per heavy atom. The van der Waals surface area contributed by atoms with E-state index in [2.05, 4.69) is 83.1 Å². The van der Waals surface area contributed by atoms with Crippen LogP contribution >= 0.6 is 0 Å². The fourth-order valence-electron chi connectivity index (χ4n) is 0. The third kappa shape index (κ3) is 6480. The molecule has 0 aliphatic heterocycles. The molecule has 0 heteroatoms. The summed E-state index contributed by atoms with van der Waals surface area (Å²) in [7, 11) is 0. The molecule has 0 radical (unpaired) electrons. The molecule has 0 atom stereocenters. The normalized spacial score (nSPS) is 5.71. The van der Waals surface area contributed by atoms with Gasteiger partial charge in [0.05, 0.1) is 0 Å². The van der Waals surface area contributed by atoms with Crippen LogP contribution in [-0.4, -0.2) is 0 Å². The standard InChI is InChI=1S/C4H10.5C3H8.2CH4/c1-3-4-2;5*1-3-2;;/h3-4H2,1-2H3;5*3H2,1-2H3;2*1H4. The Kier molecular flexibility index (Phi) is 349. The van der Waals surface area contributed by atoms with Gasteiger partial charge in [-0.1, -0.05) is 143 Å². The van der Waals surface area contributed by atoms with Crippen molar-refractivity contribution in [3.63, 3.8) is 0 Å². The highest BCUT2D eigenvalue weighted by Gasteiger charge is 1.56. The summed E-state index contributed by atoms with van der Waals surface area (Å²) in [5, 5.41) is 0. The zero-order valence-electron chi connectivity index (χ0n) is 16.9. The van der Waals surface area contributed by atoms with Crippen LogP contribution in [0.1, 0.15) is 143 Å². The van der Waals surface area contributed by atoms with Crippen LogP contribution in [0.25, 0.3) is 0 Å². The molecule has 0 aromatic rings. The van der Waals surface area contributed by atoms with Gasteiger partial charge >= 0.3 is 0 Å². The van der Waals surface area contributed by atoms with Gasteiger partial charge in [-0.2, -0.15) is 0 Å². The number of hydrogen-bond donors (Lipinski definition) is 0. The molecule has 21 heavy (non-hydrogen) atoms. The molecule has 0 unspecified atom stereocenters. The van der Waals surface area contributed by atoms with Gasteiger partial charge in [0, 0.05) is 0 Å². The van der Waals surface area contributed by atoms with E-state index in [1.807, 2.05) is 0 Å². The van der Waals surface area contributed by atoms with Gasteiger partial charge in [0.1, 0.15) is 0 Å². The van der Waals surface area contributed by atoms with Gasteiger partial charge in [-0.15, -0.1) is 0 Å². The average molecular weight is 311 g/mol. The Morgan fingerprint density at radius 3 is 0.333 bits per heavy atom. The first kappa shape index (κ1) is 49.7. The maximum Gasteiger partial charge on any atom is -0.0564 e. The summed E-state index contributed by atoms with van der Waals surface area (Å²) in [5.74, 6) is 0. The summed E-state index contributed by atoms with van der Waals surface area (Å²) in [5.41, 5.74) is 0. The highest BCUT2D eigenvalue weighted by Crippen LogP contribution is 1.76. The van der Waals surface area contributed by atoms with E-state index in [9.17, 15) is 0 Å². The summed E-state index contributed by atoms with van der Waals surface area (Å²) in [6.45, 7) is 25.6. The fourth-order valence-corrected chi connectivity index (χ4v) is 0. The highest BCUT2D eigenvalue weighted by molar-refractivity contribution is 4.12. The van der Waals surface area contributed by atoms with Crippen molar-refractivity contribution in [3.8, 4) is 0 Å². The lowest BCUT2D eigenvalue weighted by Crippen LogP contribution is -1.47. The molecular formula is C21H58. The zero-order chi connectivity index (χ0) is 16.9. The van der Waals surface area contributed by atoms with Gasteiger partial charge < -0.3 is 0 Å². The van der Waals surface area contributed by atoms with E-state index >= 15 is 0 Å². The molecule has 0 saturated heterocycles. The van der Waals surface area contributed by atoms with Gasteiger partial charge in [0.15, 0.2) is 0 Å². The Balaban J connectivity index is -0.0000000159. The average Bonchev–Trinajstić information content (AvgIpc) is 2.34. The first-order valence-electron chi connectivity index (χ1n) is 8.99. The molecule has 0 saturated carbocycles. The summed E-state index contributed by atoms with van der Waals surface area (Å²) >= 11 is 0. The van der Waals surface area contributed by atoms with Crippen molar-refractivity contribution in [2.75, 3.05) is 0 Å². The minimum absolute atomic E-state index is 0. The van der Waals surface area contributed by atoms with Crippen LogP contribution in [-0.2, 0) is 0 Å². The van der Waals surface area contributed by atoms with Gasteiger partial charge in [-0.05, 0) is 0 Å². The first-order chi connectivity index (χ1) is 8.99. The van der Waals surface area contributed by atoms with Gasteiger partial charge in [-0.25, -0.2) is 0 Å². The molecule has 0 aliphatic rings. The fraction of sp³-hybridized carbons (Fsp3) is 1.00. The quantitative estimate of drug-likeness (QED) is 0.451. The maximum atomic E-state index is 2.18. The predicted molar refractivity (Wildman–Crippen MR) is 114 cm³/mol. The topological polar surface area (TPSA) is 0 Å². The molecule has 0 fully saturated rings. The molecular weight excluding hydrogens is 252 g/mol. The van der Waals surface area contributed by atoms with Crippen LogP contribution < -0.4 is 0 Å². The molecule has 0 aromatic heterocycles. The Labute approximate surface area is 143 Å². The van der Waals surface area contributed by atoms with E-state index in [-0.39, 0.29) is 14.9 Å². The molecule has 0 bridgehead atoms. The smallest absolute Gasteiger partial charge is 0.0564 e.